The normalized spacial score (nSPS) is 11.3. The van der Waals surface area contributed by atoms with Gasteiger partial charge in [0.15, 0.2) is 0 Å². The molecule has 5 heteroatoms. The topological polar surface area (TPSA) is 70.1 Å². The Kier molecular flexibility index (Phi) is 4.31. The zero-order valence-corrected chi connectivity index (χ0v) is 14.6. The number of benzene rings is 2. The van der Waals surface area contributed by atoms with E-state index in [-0.39, 0.29) is 0 Å². The Morgan fingerprint density at radius 1 is 0.960 bits per heavy atom. The van der Waals surface area contributed by atoms with Crippen LogP contribution in [0.15, 0.2) is 60.7 Å². The number of nitrogens with two attached hydrogens (primary N) is 1. The molecule has 3 rings (SSSR count). The van der Waals surface area contributed by atoms with Gasteiger partial charge in [-0.2, -0.15) is 9.78 Å². The van der Waals surface area contributed by atoms with Gasteiger partial charge in [0.1, 0.15) is 17.0 Å². The van der Waals surface area contributed by atoms with Gasteiger partial charge in [-0.1, -0.05) is 60.7 Å². The van der Waals surface area contributed by atoms with Crippen molar-refractivity contribution in [1.29, 1.82) is 0 Å². The molecule has 0 aliphatic heterocycles. The molecule has 0 saturated carbocycles. The number of carbonyl (C=O) groups excluding carboxylic acids is 1. The first-order chi connectivity index (χ1) is 11.9. The van der Waals surface area contributed by atoms with Crippen molar-refractivity contribution in [2.75, 3.05) is 5.73 Å². The summed E-state index contributed by atoms with van der Waals surface area (Å²) >= 11 is 0. The van der Waals surface area contributed by atoms with Gasteiger partial charge in [0.25, 0.3) is 0 Å². The first kappa shape index (κ1) is 16.8. The Hall–Kier alpha value is -3.08. The van der Waals surface area contributed by atoms with E-state index in [1.54, 1.807) is 0 Å². The summed E-state index contributed by atoms with van der Waals surface area (Å²) in [6.45, 7) is 5.45. The molecule has 0 aliphatic rings. The Morgan fingerprint density at radius 3 is 2.00 bits per heavy atom. The molecule has 0 spiro atoms. The first-order valence-electron chi connectivity index (χ1n) is 8.09. The van der Waals surface area contributed by atoms with Gasteiger partial charge in [-0.25, -0.2) is 4.79 Å². The Morgan fingerprint density at radius 2 is 1.48 bits per heavy atom. The van der Waals surface area contributed by atoms with Crippen molar-refractivity contribution < 1.29 is 9.53 Å². The number of rotatable bonds is 2. The second-order valence-corrected chi connectivity index (χ2v) is 6.74. The zero-order valence-electron chi connectivity index (χ0n) is 14.6. The fraction of sp³-hybridized carbons (Fsp3) is 0.200. The van der Waals surface area contributed by atoms with Crippen molar-refractivity contribution >= 4 is 11.8 Å². The van der Waals surface area contributed by atoms with Crippen molar-refractivity contribution in [2.45, 2.75) is 26.4 Å². The second kappa shape index (κ2) is 6.43. The largest absolute Gasteiger partial charge is 0.442 e. The van der Waals surface area contributed by atoms with Crippen molar-refractivity contribution in [3.05, 3.63) is 60.7 Å². The molecule has 25 heavy (non-hydrogen) atoms. The van der Waals surface area contributed by atoms with E-state index in [0.29, 0.717) is 17.1 Å². The summed E-state index contributed by atoms with van der Waals surface area (Å²) in [5, 5.41) is 4.46. The molecule has 1 heterocycles. The summed E-state index contributed by atoms with van der Waals surface area (Å²) in [5.74, 6) is 0. The predicted molar refractivity (Wildman–Crippen MR) is 99.1 cm³/mol. The molecular weight excluding hydrogens is 314 g/mol. The lowest BCUT2D eigenvalue weighted by Gasteiger charge is -2.19. The van der Waals surface area contributed by atoms with Crippen molar-refractivity contribution in [3.8, 4) is 22.5 Å². The number of hydrogen-bond donors (Lipinski definition) is 1. The quantitative estimate of drug-likeness (QED) is 0.744. The van der Waals surface area contributed by atoms with E-state index in [1.165, 1.54) is 4.68 Å². The van der Waals surface area contributed by atoms with Gasteiger partial charge in [-0.15, -0.1) is 0 Å². The summed E-state index contributed by atoms with van der Waals surface area (Å²) < 4.78 is 6.74. The smallest absolute Gasteiger partial charge is 0.435 e. The van der Waals surface area contributed by atoms with Crippen molar-refractivity contribution in [1.82, 2.24) is 9.78 Å². The summed E-state index contributed by atoms with van der Waals surface area (Å²) in [5.41, 5.74) is 8.95. The minimum atomic E-state index is -0.626. The van der Waals surface area contributed by atoms with E-state index in [4.69, 9.17) is 10.5 Å². The van der Waals surface area contributed by atoms with Crippen LogP contribution < -0.4 is 5.73 Å². The molecule has 0 bridgehead atoms. The fourth-order valence-corrected chi connectivity index (χ4v) is 2.55. The molecule has 2 N–H and O–H groups in total. The highest BCUT2D eigenvalue weighted by molar-refractivity contribution is 5.90. The van der Waals surface area contributed by atoms with E-state index in [9.17, 15) is 4.79 Å². The minimum absolute atomic E-state index is 0.447. The average Bonchev–Trinajstić information content (AvgIpc) is 2.92. The molecule has 0 saturated heterocycles. The first-order valence-corrected chi connectivity index (χ1v) is 8.09. The monoisotopic (exact) mass is 335 g/mol. The summed E-state index contributed by atoms with van der Waals surface area (Å²) in [7, 11) is 0. The third kappa shape index (κ3) is 3.55. The molecule has 0 fully saturated rings. The second-order valence-electron chi connectivity index (χ2n) is 6.74. The maximum Gasteiger partial charge on any atom is 0.435 e. The van der Waals surface area contributed by atoms with Gasteiger partial charge < -0.3 is 10.5 Å². The lowest BCUT2D eigenvalue weighted by Crippen LogP contribution is -2.28. The average molecular weight is 335 g/mol. The van der Waals surface area contributed by atoms with Crippen LogP contribution in [0.4, 0.5) is 10.5 Å². The van der Waals surface area contributed by atoms with E-state index < -0.39 is 11.7 Å². The lowest BCUT2D eigenvalue weighted by molar-refractivity contribution is 0.0518. The van der Waals surface area contributed by atoms with Crippen LogP contribution in [-0.4, -0.2) is 21.5 Å². The fourth-order valence-electron chi connectivity index (χ4n) is 2.55. The Bertz CT molecular complexity index is 879. The third-order valence-corrected chi connectivity index (χ3v) is 3.58. The van der Waals surface area contributed by atoms with Crippen LogP contribution in [0.5, 0.6) is 0 Å². The van der Waals surface area contributed by atoms with Gasteiger partial charge in [-0.3, -0.25) is 0 Å². The number of ether oxygens (including phenoxy) is 1. The summed E-state index contributed by atoms with van der Waals surface area (Å²) in [4.78, 5) is 12.7. The van der Waals surface area contributed by atoms with Crippen molar-refractivity contribution in [2.24, 2.45) is 0 Å². The molecule has 1 aromatic heterocycles. The van der Waals surface area contributed by atoms with Gasteiger partial charge in [-0.05, 0) is 20.8 Å². The summed E-state index contributed by atoms with van der Waals surface area (Å²) in [6, 6.07) is 19.0. The molecule has 0 unspecified atom stereocenters. The van der Waals surface area contributed by atoms with Crippen molar-refractivity contribution in [3.63, 3.8) is 0 Å². The Balaban J connectivity index is 2.18. The number of carbonyl (C=O) groups is 1. The van der Waals surface area contributed by atoms with Crippen LogP contribution in [0.2, 0.25) is 0 Å². The number of aromatic nitrogens is 2. The zero-order chi connectivity index (χ0) is 18.0. The molecule has 0 aliphatic carbocycles. The van der Waals surface area contributed by atoms with Crippen LogP contribution in [0, 0.1) is 0 Å². The number of anilines is 1. The molecule has 0 atom stereocenters. The van der Waals surface area contributed by atoms with Gasteiger partial charge in [0.2, 0.25) is 0 Å². The van der Waals surface area contributed by atoms with Gasteiger partial charge in [0, 0.05) is 11.1 Å². The SMILES string of the molecule is CC(C)(C)OC(=O)n1nc(-c2ccccc2)c(N)c1-c1ccccc1. The highest BCUT2D eigenvalue weighted by Gasteiger charge is 2.26. The van der Waals surface area contributed by atoms with E-state index >= 15 is 0 Å². The van der Waals surface area contributed by atoms with Gasteiger partial charge >= 0.3 is 6.09 Å². The molecule has 0 radical (unpaired) electrons. The van der Waals surface area contributed by atoms with E-state index in [0.717, 1.165) is 11.1 Å². The molecule has 128 valence electrons. The van der Waals surface area contributed by atoms with Crippen LogP contribution in [0.1, 0.15) is 20.8 Å². The lowest BCUT2D eigenvalue weighted by atomic mass is 10.1. The van der Waals surface area contributed by atoms with Crippen LogP contribution in [-0.2, 0) is 4.74 Å². The maximum atomic E-state index is 12.7. The molecule has 0 amide bonds. The Labute approximate surface area is 147 Å². The van der Waals surface area contributed by atoms with Gasteiger partial charge in [0.05, 0.1) is 5.69 Å². The minimum Gasteiger partial charge on any atom is -0.442 e. The molecular formula is C20H21N3O2. The molecule has 3 aromatic rings. The highest BCUT2D eigenvalue weighted by atomic mass is 16.6. The summed E-state index contributed by atoms with van der Waals surface area (Å²) in [6.07, 6.45) is -0.555. The van der Waals surface area contributed by atoms with Crippen LogP contribution in [0.3, 0.4) is 0 Å². The number of nitrogens with zero attached hydrogens (tertiary/aromatic N) is 2. The number of nitrogen functional groups attached to an aromatic ring is 1. The standard InChI is InChI=1S/C20H21N3O2/c1-20(2,3)25-19(24)23-18(15-12-8-5-9-13-15)16(21)17(22-23)14-10-6-4-7-11-14/h4-13H,21H2,1-3H3. The molecule has 5 nitrogen and oxygen atoms in total. The van der Waals surface area contributed by atoms with E-state index in [2.05, 4.69) is 5.10 Å². The van der Waals surface area contributed by atoms with Crippen LogP contribution >= 0.6 is 0 Å². The molecule has 2 aromatic carbocycles. The van der Waals surface area contributed by atoms with E-state index in [1.807, 2.05) is 81.4 Å². The third-order valence-electron chi connectivity index (χ3n) is 3.58. The van der Waals surface area contributed by atoms with Crippen LogP contribution in [0.25, 0.3) is 22.5 Å². The predicted octanol–water partition coefficient (Wildman–Crippen LogP) is 4.58. The highest BCUT2D eigenvalue weighted by Crippen LogP contribution is 2.34. The maximum absolute atomic E-state index is 12.7. The number of hydrogen-bond acceptors (Lipinski definition) is 4.